The van der Waals surface area contributed by atoms with Crippen LogP contribution in [0.15, 0.2) is 0 Å². The third kappa shape index (κ3) is 9.13. The third-order valence-electron chi connectivity index (χ3n) is 2.72. The lowest BCUT2D eigenvalue weighted by atomic mass is 9.99. The summed E-state index contributed by atoms with van der Waals surface area (Å²) in [6.45, 7) is 7.28. The second kappa shape index (κ2) is 11.4. The van der Waals surface area contributed by atoms with E-state index in [1.54, 1.807) is 14.2 Å². The lowest BCUT2D eigenvalue weighted by Gasteiger charge is -2.21. The van der Waals surface area contributed by atoms with Crippen LogP contribution in [0.4, 0.5) is 0 Å². The van der Waals surface area contributed by atoms with Crippen molar-refractivity contribution in [3.05, 3.63) is 0 Å². The maximum Gasteiger partial charge on any atom is 0.0488 e. The van der Waals surface area contributed by atoms with E-state index in [4.69, 9.17) is 9.47 Å². The molecule has 0 fully saturated rings. The van der Waals surface area contributed by atoms with E-state index in [2.05, 4.69) is 19.2 Å². The number of rotatable bonds is 11. The van der Waals surface area contributed by atoms with E-state index >= 15 is 0 Å². The molecule has 98 valence electrons. The minimum absolute atomic E-state index is 0.611. The van der Waals surface area contributed by atoms with Crippen LogP contribution in [0, 0.1) is 5.92 Å². The third-order valence-corrected chi connectivity index (χ3v) is 2.72. The van der Waals surface area contributed by atoms with Crippen molar-refractivity contribution < 1.29 is 9.47 Å². The maximum absolute atomic E-state index is 5.18. The van der Waals surface area contributed by atoms with Crippen LogP contribution < -0.4 is 5.32 Å². The predicted octanol–water partition coefficient (Wildman–Crippen LogP) is 2.45. The van der Waals surface area contributed by atoms with Crippen LogP contribution in [0.5, 0.6) is 0 Å². The number of methoxy groups -OCH3 is 2. The molecule has 3 nitrogen and oxygen atoms in total. The molecule has 0 saturated heterocycles. The minimum atomic E-state index is 0.611. The quantitative estimate of drug-likeness (QED) is 0.554. The molecule has 2 unspecified atom stereocenters. The largest absolute Gasteiger partial charge is 0.385 e. The van der Waals surface area contributed by atoms with Gasteiger partial charge in [0.15, 0.2) is 0 Å². The SMILES string of the molecule is CCCNC(CCCOC)CC(C)COC. The van der Waals surface area contributed by atoms with E-state index in [-0.39, 0.29) is 0 Å². The van der Waals surface area contributed by atoms with Crippen LogP contribution in [0.1, 0.15) is 39.5 Å². The minimum Gasteiger partial charge on any atom is -0.385 e. The first-order valence-electron chi connectivity index (χ1n) is 6.45. The molecule has 0 radical (unpaired) electrons. The fourth-order valence-corrected chi connectivity index (χ4v) is 1.96. The zero-order valence-corrected chi connectivity index (χ0v) is 11.4. The Labute approximate surface area is 101 Å². The molecule has 0 bridgehead atoms. The second-order valence-electron chi connectivity index (χ2n) is 4.58. The molecule has 0 spiro atoms. The fraction of sp³-hybridized carbons (Fsp3) is 1.00. The molecule has 0 aliphatic rings. The smallest absolute Gasteiger partial charge is 0.0488 e. The van der Waals surface area contributed by atoms with Crippen LogP contribution in [0.25, 0.3) is 0 Å². The van der Waals surface area contributed by atoms with Crippen molar-refractivity contribution >= 4 is 0 Å². The summed E-state index contributed by atoms with van der Waals surface area (Å²) in [5.74, 6) is 0.627. The summed E-state index contributed by atoms with van der Waals surface area (Å²) < 4.78 is 10.3. The van der Waals surface area contributed by atoms with Gasteiger partial charge in [-0.05, 0) is 38.1 Å². The number of hydrogen-bond donors (Lipinski definition) is 1. The van der Waals surface area contributed by atoms with Crippen molar-refractivity contribution in [2.45, 2.75) is 45.6 Å². The first-order valence-corrected chi connectivity index (χ1v) is 6.45. The van der Waals surface area contributed by atoms with E-state index in [0.29, 0.717) is 12.0 Å². The first kappa shape index (κ1) is 15.9. The highest BCUT2D eigenvalue weighted by Gasteiger charge is 2.12. The van der Waals surface area contributed by atoms with E-state index in [9.17, 15) is 0 Å². The van der Waals surface area contributed by atoms with E-state index < -0.39 is 0 Å². The summed E-state index contributed by atoms with van der Waals surface area (Å²) in [4.78, 5) is 0. The Hall–Kier alpha value is -0.120. The molecule has 0 aromatic carbocycles. The molecule has 16 heavy (non-hydrogen) atoms. The van der Waals surface area contributed by atoms with Gasteiger partial charge in [-0.1, -0.05) is 13.8 Å². The van der Waals surface area contributed by atoms with Crippen LogP contribution >= 0.6 is 0 Å². The van der Waals surface area contributed by atoms with Crippen molar-refractivity contribution in [3.63, 3.8) is 0 Å². The summed E-state index contributed by atoms with van der Waals surface area (Å²) >= 11 is 0. The molecule has 0 aliphatic carbocycles. The van der Waals surface area contributed by atoms with Crippen LogP contribution in [-0.4, -0.2) is 40.0 Å². The summed E-state index contributed by atoms with van der Waals surface area (Å²) in [6, 6.07) is 0.611. The molecule has 2 atom stereocenters. The van der Waals surface area contributed by atoms with Crippen molar-refractivity contribution in [3.8, 4) is 0 Å². The Balaban J connectivity index is 3.78. The monoisotopic (exact) mass is 231 g/mol. The average Bonchev–Trinajstić information content (AvgIpc) is 2.26. The van der Waals surface area contributed by atoms with Gasteiger partial charge < -0.3 is 14.8 Å². The molecular weight excluding hydrogens is 202 g/mol. The second-order valence-corrected chi connectivity index (χ2v) is 4.58. The fourth-order valence-electron chi connectivity index (χ4n) is 1.96. The van der Waals surface area contributed by atoms with Gasteiger partial charge in [0.1, 0.15) is 0 Å². The Morgan fingerprint density at radius 1 is 1.19 bits per heavy atom. The average molecular weight is 231 g/mol. The van der Waals surface area contributed by atoms with Gasteiger partial charge in [-0.15, -0.1) is 0 Å². The van der Waals surface area contributed by atoms with Gasteiger partial charge in [0, 0.05) is 33.5 Å². The van der Waals surface area contributed by atoms with Gasteiger partial charge in [0.25, 0.3) is 0 Å². The molecular formula is C13H29NO2. The first-order chi connectivity index (χ1) is 7.74. The highest BCUT2D eigenvalue weighted by molar-refractivity contribution is 4.70. The maximum atomic E-state index is 5.18. The number of nitrogens with one attached hydrogen (secondary N) is 1. The number of hydrogen-bond acceptors (Lipinski definition) is 3. The normalized spacial score (nSPS) is 15.0. The Kier molecular flexibility index (Phi) is 11.3. The molecule has 1 N–H and O–H groups in total. The molecule has 3 heteroatoms. The summed E-state index contributed by atoms with van der Waals surface area (Å²) in [5, 5.41) is 3.61. The van der Waals surface area contributed by atoms with Gasteiger partial charge in [-0.2, -0.15) is 0 Å². The lowest BCUT2D eigenvalue weighted by Crippen LogP contribution is -2.32. The van der Waals surface area contributed by atoms with Gasteiger partial charge in [0.05, 0.1) is 0 Å². The summed E-state index contributed by atoms with van der Waals surface area (Å²) in [5.41, 5.74) is 0. The molecule has 0 amide bonds. The van der Waals surface area contributed by atoms with Crippen LogP contribution in [0.2, 0.25) is 0 Å². The molecule has 0 heterocycles. The molecule has 0 saturated carbocycles. The standard InChI is InChI=1S/C13H29NO2/c1-5-8-14-13(7-6-9-15-3)10-12(2)11-16-4/h12-14H,5-11H2,1-4H3. The van der Waals surface area contributed by atoms with E-state index in [1.807, 2.05) is 0 Å². The van der Waals surface area contributed by atoms with Gasteiger partial charge in [0.2, 0.25) is 0 Å². The topological polar surface area (TPSA) is 30.5 Å². The molecule has 0 aliphatic heterocycles. The Bertz CT molecular complexity index is 142. The zero-order valence-electron chi connectivity index (χ0n) is 11.4. The zero-order chi connectivity index (χ0) is 12.2. The predicted molar refractivity (Wildman–Crippen MR) is 68.8 cm³/mol. The van der Waals surface area contributed by atoms with E-state index in [0.717, 1.165) is 26.2 Å². The molecule has 0 aromatic heterocycles. The highest BCUT2D eigenvalue weighted by atomic mass is 16.5. The van der Waals surface area contributed by atoms with Crippen LogP contribution in [-0.2, 0) is 9.47 Å². The van der Waals surface area contributed by atoms with Gasteiger partial charge >= 0.3 is 0 Å². The van der Waals surface area contributed by atoms with Crippen LogP contribution in [0.3, 0.4) is 0 Å². The summed E-state index contributed by atoms with van der Waals surface area (Å²) in [7, 11) is 3.54. The Morgan fingerprint density at radius 3 is 2.50 bits per heavy atom. The van der Waals surface area contributed by atoms with Crippen molar-refractivity contribution in [2.75, 3.05) is 34.0 Å². The summed E-state index contributed by atoms with van der Waals surface area (Å²) in [6.07, 6.45) is 4.72. The highest BCUT2D eigenvalue weighted by Crippen LogP contribution is 2.11. The molecule has 0 aromatic rings. The van der Waals surface area contributed by atoms with Crippen molar-refractivity contribution in [2.24, 2.45) is 5.92 Å². The number of ether oxygens (including phenoxy) is 2. The van der Waals surface area contributed by atoms with Gasteiger partial charge in [-0.3, -0.25) is 0 Å². The van der Waals surface area contributed by atoms with E-state index in [1.165, 1.54) is 19.3 Å². The van der Waals surface area contributed by atoms with Crippen molar-refractivity contribution in [1.29, 1.82) is 0 Å². The van der Waals surface area contributed by atoms with Crippen molar-refractivity contribution in [1.82, 2.24) is 5.32 Å². The van der Waals surface area contributed by atoms with Gasteiger partial charge in [-0.25, -0.2) is 0 Å². The lowest BCUT2D eigenvalue weighted by molar-refractivity contribution is 0.145. The Morgan fingerprint density at radius 2 is 1.94 bits per heavy atom. The molecule has 0 rings (SSSR count).